The number of halogens is 3. The molecule has 1 nitrogen and oxygen atoms in total. The van der Waals surface area contributed by atoms with E-state index in [1.54, 1.807) is 0 Å². The van der Waals surface area contributed by atoms with Crippen molar-refractivity contribution < 1.29 is 0 Å². The first kappa shape index (κ1) is 16.0. The summed E-state index contributed by atoms with van der Waals surface area (Å²) in [6.07, 6.45) is 0.729. The molecule has 0 saturated carbocycles. The van der Waals surface area contributed by atoms with Gasteiger partial charge in [-0.2, -0.15) is 0 Å². The minimum atomic E-state index is -0.0563. The van der Waals surface area contributed by atoms with Crippen LogP contribution in [0, 0.1) is 13.8 Å². The van der Waals surface area contributed by atoms with Crippen LogP contribution in [0.5, 0.6) is 0 Å². The van der Waals surface area contributed by atoms with Crippen LogP contribution in [-0.2, 0) is 6.42 Å². The highest BCUT2D eigenvalue weighted by atomic mass is 79.9. The number of nitrogens with two attached hydrogens (primary N) is 1. The second kappa shape index (κ2) is 6.61. The van der Waals surface area contributed by atoms with Crippen molar-refractivity contribution in [2.75, 3.05) is 0 Å². The molecule has 0 aliphatic heterocycles. The average Bonchev–Trinajstić information content (AvgIpc) is 2.38. The first-order chi connectivity index (χ1) is 9.38. The predicted octanol–water partition coefficient (Wildman–Crippen LogP) is 5.72. The van der Waals surface area contributed by atoms with Crippen molar-refractivity contribution in [2.24, 2.45) is 5.73 Å². The maximum atomic E-state index is 6.34. The van der Waals surface area contributed by atoms with Gasteiger partial charge in [0.15, 0.2) is 0 Å². The van der Waals surface area contributed by atoms with Gasteiger partial charge in [-0.05, 0) is 54.7 Å². The van der Waals surface area contributed by atoms with Crippen molar-refractivity contribution in [1.29, 1.82) is 0 Å². The van der Waals surface area contributed by atoms with Gasteiger partial charge in [0, 0.05) is 20.0 Å². The molecule has 0 bridgehead atoms. The molecule has 0 aliphatic rings. The minimum absolute atomic E-state index is 0.0563. The molecule has 0 aromatic heterocycles. The Kier molecular flexibility index (Phi) is 5.30. The quantitative estimate of drug-likeness (QED) is 0.679. The third-order valence-corrected chi connectivity index (χ3v) is 5.44. The Morgan fingerprint density at radius 2 is 1.70 bits per heavy atom. The Balaban J connectivity index is 2.26. The smallest absolute Gasteiger partial charge is 0.0449 e. The summed E-state index contributed by atoms with van der Waals surface area (Å²) in [6, 6.07) is 10.1. The molecule has 1 atom stereocenters. The molecule has 1 unspecified atom stereocenters. The van der Waals surface area contributed by atoms with Crippen molar-refractivity contribution in [3.8, 4) is 0 Å². The third-order valence-electron chi connectivity index (χ3n) is 3.34. The zero-order chi connectivity index (χ0) is 14.9. The zero-order valence-corrected chi connectivity index (χ0v) is 15.3. The van der Waals surface area contributed by atoms with Gasteiger partial charge in [0.25, 0.3) is 0 Å². The minimum Gasteiger partial charge on any atom is -0.324 e. The topological polar surface area (TPSA) is 26.0 Å². The summed E-state index contributed by atoms with van der Waals surface area (Å²) in [7, 11) is 0. The molecule has 2 N–H and O–H groups in total. The van der Waals surface area contributed by atoms with Crippen LogP contribution in [0.4, 0.5) is 0 Å². The Labute approximate surface area is 141 Å². The third kappa shape index (κ3) is 3.64. The van der Waals surface area contributed by atoms with Crippen molar-refractivity contribution in [3.63, 3.8) is 0 Å². The van der Waals surface area contributed by atoms with Gasteiger partial charge in [-0.3, -0.25) is 0 Å². The van der Waals surface area contributed by atoms with Gasteiger partial charge in [-0.15, -0.1) is 0 Å². The van der Waals surface area contributed by atoms with Crippen molar-refractivity contribution in [1.82, 2.24) is 0 Å². The maximum Gasteiger partial charge on any atom is 0.0449 e. The summed E-state index contributed by atoms with van der Waals surface area (Å²) in [5.74, 6) is 0. The van der Waals surface area contributed by atoms with Crippen LogP contribution in [0.25, 0.3) is 0 Å². The highest BCUT2D eigenvalue weighted by Gasteiger charge is 2.12. The van der Waals surface area contributed by atoms with Gasteiger partial charge in [0.05, 0.1) is 0 Å². The Morgan fingerprint density at radius 1 is 1.10 bits per heavy atom. The van der Waals surface area contributed by atoms with E-state index in [4.69, 9.17) is 17.3 Å². The lowest BCUT2D eigenvalue weighted by molar-refractivity contribution is 0.720. The molecule has 2 aromatic rings. The number of benzene rings is 2. The summed E-state index contributed by atoms with van der Waals surface area (Å²) in [4.78, 5) is 0. The number of hydrogen-bond donors (Lipinski definition) is 1. The maximum absolute atomic E-state index is 6.34. The molecule has 0 fully saturated rings. The lowest BCUT2D eigenvalue weighted by Gasteiger charge is -2.16. The van der Waals surface area contributed by atoms with Crippen LogP contribution >= 0.6 is 43.5 Å². The van der Waals surface area contributed by atoms with Crippen LogP contribution in [0.15, 0.2) is 39.3 Å². The van der Waals surface area contributed by atoms with E-state index in [0.29, 0.717) is 0 Å². The van der Waals surface area contributed by atoms with E-state index >= 15 is 0 Å². The number of rotatable bonds is 3. The second-order valence-electron chi connectivity index (χ2n) is 5.02. The van der Waals surface area contributed by atoms with Crippen molar-refractivity contribution in [2.45, 2.75) is 26.3 Å². The van der Waals surface area contributed by atoms with Gasteiger partial charge in [-0.1, -0.05) is 61.7 Å². The lowest BCUT2D eigenvalue weighted by atomic mass is 9.96. The molecular weight excluding hydrogens is 401 g/mol. The van der Waals surface area contributed by atoms with Crippen molar-refractivity contribution >= 4 is 43.5 Å². The van der Waals surface area contributed by atoms with Crippen LogP contribution < -0.4 is 5.73 Å². The largest absolute Gasteiger partial charge is 0.324 e. The molecule has 2 rings (SSSR count). The van der Waals surface area contributed by atoms with E-state index in [-0.39, 0.29) is 6.04 Å². The van der Waals surface area contributed by atoms with Gasteiger partial charge in [0.2, 0.25) is 0 Å². The van der Waals surface area contributed by atoms with Gasteiger partial charge in [-0.25, -0.2) is 0 Å². The van der Waals surface area contributed by atoms with Crippen LogP contribution in [-0.4, -0.2) is 0 Å². The first-order valence-corrected chi connectivity index (χ1v) is 8.31. The summed E-state index contributed by atoms with van der Waals surface area (Å²) in [6.45, 7) is 4.17. The van der Waals surface area contributed by atoms with Crippen LogP contribution in [0.2, 0.25) is 5.02 Å². The van der Waals surface area contributed by atoms with Gasteiger partial charge < -0.3 is 5.73 Å². The van der Waals surface area contributed by atoms with E-state index in [9.17, 15) is 0 Å². The number of aryl methyl sites for hydroxylation is 2. The normalized spacial score (nSPS) is 12.5. The predicted molar refractivity (Wildman–Crippen MR) is 93.4 cm³/mol. The van der Waals surface area contributed by atoms with E-state index in [1.807, 2.05) is 18.2 Å². The molecule has 2 aromatic carbocycles. The fourth-order valence-corrected chi connectivity index (χ4v) is 3.21. The fourth-order valence-electron chi connectivity index (χ4n) is 2.24. The Morgan fingerprint density at radius 3 is 2.25 bits per heavy atom. The van der Waals surface area contributed by atoms with E-state index < -0.39 is 0 Å². The molecule has 106 valence electrons. The van der Waals surface area contributed by atoms with E-state index in [1.165, 1.54) is 11.1 Å². The number of hydrogen-bond acceptors (Lipinski definition) is 1. The molecule has 4 heteroatoms. The second-order valence-corrected chi connectivity index (χ2v) is 7.13. The SMILES string of the molecule is Cc1cc(C(N)Cc2ccc(Br)cc2Cl)cc(C)c1Br. The monoisotopic (exact) mass is 415 g/mol. The van der Waals surface area contributed by atoms with E-state index in [0.717, 1.165) is 31.5 Å². The summed E-state index contributed by atoms with van der Waals surface area (Å²) < 4.78 is 2.13. The molecule has 0 radical (unpaired) electrons. The molecule has 0 heterocycles. The average molecular weight is 418 g/mol. The fraction of sp³-hybridized carbons (Fsp3) is 0.250. The highest BCUT2D eigenvalue weighted by molar-refractivity contribution is 9.10. The molecule has 0 saturated heterocycles. The molecule has 0 aliphatic carbocycles. The van der Waals surface area contributed by atoms with Crippen LogP contribution in [0.1, 0.15) is 28.3 Å². The first-order valence-electron chi connectivity index (χ1n) is 6.34. The van der Waals surface area contributed by atoms with Gasteiger partial charge in [0.1, 0.15) is 0 Å². The van der Waals surface area contributed by atoms with Gasteiger partial charge >= 0.3 is 0 Å². The summed E-state index contributed by atoms with van der Waals surface area (Å²) in [5, 5.41) is 0.750. The molecule has 0 spiro atoms. The van der Waals surface area contributed by atoms with Crippen LogP contribution in [0.3, 0.4) is 0 Å². The molecule has 0 amide bonds. The highest BCUT2D eigenvalue weighted by Crippen LogP contribution is 2.28. The zero-order valence-electron chi connectivity index (χ0n) is 11.4. The lowest BCUT2D eigenvalue weighted by Crippen LogP contribution is -2.14. The summed E-state index contributed by atoms with van der Waals surface area (Å²) >= 11 is 13.3. The molecule has 20 heavy (non-hydrogen) atoms. The standard InChI is InChI=1S/C16H16Br2ClN/c1-9-5-12(6-10(2)16(9)18)15(20)7-11-3-4-13(17)8-14(11)19/h3-6,8,15H,7,20H2,1-2H3. The van der Waals surface area contributed by atoms with Crippen molar-refractivity contribution in [3.05, 3.63) is 66.6 Å². The Bertz CT molecular complexity index is 617. The summed E-state index contributed by atoms with van der Waals surface area (Å²) in [5.41, 5.74) is 11.0. The van der Waals surface area contributed by atoms with E-state index in [2.05, 4.69) is 57.8 Å². The Hall–Kier alpha value is -0.350. The molecular formula is C16H16Br2ClN.